The molecule has 0 spiro atoms. The van der Waals surface area contributed by atoms with Gasteiger partial charge >= 0.3 is 8.56 Å². The van der Waals surface area contributed by atoms with E-state index in [9.17, 15) is 4.79 Å². The summed E-state index contributed by atoms with van der Waals surface area (Å²) in [6, 6.07) is 0. The highest BCUT2D eigenvalue weighted by Crippen LogP contribution is 2.33. The molecule has 0 amide bonds. The zero-order valence-electron chi connectivity index (χ0n) is 15.2. The van der Waals surface area contributed by atoms with Gasteiger partial charge < -0.3 is 8.23 Å². The molecule has 0 fully saturated rings. The molecule has 0 aliphatic carbocycles. The summed E-state index contributed by atoms with van der Waals surface area (Å²) < 4.78 is 13.0. The van der Waals surface area contributed by atoms with Gasteiger partial charge in [0.25, 0.3) is 0 Å². The molecule has 0 aromatic heterocycles. The minimum absolute atomic E-state index is 0.579. The van der Waals surface area contributed by atoms with Crippen molar-refractivity contribution in [1.82, 2.24) is 0 Å². The smallest absolute Gasteiger partial charge is 0.311 e. The van der Waals surface area contributed by atoms with E-state index < -0.39 is 34.0 Å². The number of hydrogen-bond donors (Lipinski definition) is 0. The molecule has 0 aromatic carbocycles. The van der Waals surface area contributed by atoms with Gasteiger partial charge in [-0.2, -0.15) is 0 Å². The van der Waals surface area contributed by atoms with E-state index in [0.29, 0.717) is 11.7 Å². The molecule has 0 aromatic rings. The summed E-state index contributed by atoms with van der Waals surface area (Å²) in [7, 11) is -6.40. The third-order valence-electron chi connectivity index (χ3n) is 3.37. The predicted octanol–water partition coefficient (Wildman–Crippen LogP) is 3.88. The number of hydrogen-bond acceptors (Lipinski definition) is 4. The van der Waals surface area contributed by atoms with E-state index >= 15 is 0 Å². The van der Waals surface area contributed by atoms with Crippen molar-refractivity contribution in [2.24, 2.45) is 4.99 Å². The highest BCUT2D eigenvalue weighted by molar-refractivity contribution is 6.92. The summed E-state index contributed by atoms with van der Waals surface area (Å²) in [5.74, 6) is 0. The van der Waals surface area contributed by atoms with Crippen molar-refractivity contribution in [2.75, 3.05) is 6.54 Å². The Morgan fingerprint density at radius 1 is 1.05 bits per heavy atom. The van der Waals surface area contributed by atoms with E-state index in [1.165, 1.54) is 0 Å². The third kappa shape index (κ3) is 9.02. The van der Waals surface area contributed by atoms with Crippen LogP contribution in [0.25, 0.3) is 0 Å². The fourth-order valence-corrected chi connectivity index (χ4v) is 24.0. The van der Waals surface area contributed by atoms with E-state index in [1.807, 2.05) is 0 Å². The summed E-state index contributed by atoms with van der Waals surface area (Å²) in [5, 5.41) is 0.603. The summed E-state index contributed by atoms with van der Waals surface area (Å²) in [6.45, 7) is 20.9. The molecule has 0 aliphatic heterocycles. The van der Waals surface area contributed by atoms with Crippen molar-refractivity contribution in [3.05, 3.63) is 0 Å². The van der Waals surface area contributed by atoms with Gasteiger partial charge in [-0.1, -0.05) is 13.1 Å². The summed E-state index contributed by atoms with van der Waals surface area (Å²) in [6.07, 6.45) is 2.60. The lowest BCUT2D eigenvalue weighted by molar-refractivity contribution is 0.388. The number of carbonyl (C=O) groups excluding carboxylic acids is 1. The maximum absolute atomic E-state index is 10.3. The van der Waals surface area contributed by atoms with Gasteiger partial charge in [0.2, 0.25) is 6.08 Å². The lowest BCUT2D eigenvalue weighted by Gasteiger charge is -2.42. The summed E-state index contributed by atoms with van der Waals surface area (Å²) >= 11 is 0. The zero-order chi connectivity index (χ0) is 16.9. The second kappa shape index (κ2) is 8.14. The van der Waals surface area contributed by atoms with E-state index in [-0.39, 0.29) is 0 Å². The molecule has 0 bridgehead atoms. The minimum atomic E-state index is -2.09. The van der Waals surface area contributed by atoms with Gasteiger partial charge in [-0.3, -0.25) is 0 Å². The van der Waals surface area contributed by atoms with Gasteiger partial charge in [-0.15, -0.1) is 0 Å². The van der Waals surface area contributed by atoms with Crippen LogP contribution < -0.4 is 0 Å². The van der Waals surface area contributed by atoms with Crippen LogP contribution in [0.3, 0.4) is 0 Å². The van der Waals surface area contributed by atoms with Gasteiger partial charge in [-0.05, 0) is 57.4 Å². The van der Waals surface area contributed by atoms with Crippen molar-refractivity contribution >= 4 is 40.1 Å². The lowest BCUT2D eigenvalue weighted by atomic mass is 10.5. The Labute approximate surface area is 135 Å². The largest absolute Gasteiger partial charge is 0.437 e. The molecule has 0 aliphatic rings. The van der Waals surface area contributed by atoms with Gasteiger partial charge in [0.1, 0.15) is 0 Å². The Bertz CT molecular complexity index is 374. The Kier molecular flexibility index (Phi) is 8.21. The highest BCUT2D eigenvalue weighted by Gasteiger charge is 2.43. The molecule has 1 unspecified atom stereocenters. The monoisotopic (exact) mass is 363 g/mol. The number of isocyanates is 1. The molecule has 21 heavy (non-hydrogen) atoms. The third-order valence-corrected chi connectivity index (χ3v) is 20.3. The van der Waals surface area contributed by atoms with E-state index in [4.69, 9.17) is 8.23 Å². The van der Waals surface area contributed by atoms with Crippen LogP contribution in [0.4, 0.5) is 0 Å². The Hall–Kier alpha value is 0.168. The minimum Gasteiger partial charge on any atom is -0.437 e. The molecule has 4 nitrogen and oxygen atoms in total. The predicted molar refractivity (Wildman–Crippen MR) is 101 cm³/mol. The Morgan fingerprint density at radius 2 is 1.57 bits per heavy atom. The number of nitrogens with zero attached hydrogens (tertiary/aromatic N) is 1. The average molecular weight is 364 g/mol. The average Bonchev–Trinajstić information content (AvgIpc) is 2.17. The zero-order valence-corrected chi connectivity index (χ0v) is 19.4. The molecule has 0 saturated heterocycles. The summed E-state index contributed by atoms with van der Waals surface area (Å²) in [5.41, 5.74) is 0. The Morgan fingerprint density at radius 3 is 1.95 bits per heavy atom. The maximum atomic E-state index is 10.3. The lowest BCUT2D eigenvalue weighted by Crippen LogP contribution is -2.54. The van der Waals surface area contributed by atoms with Crippen LogP contribution in [0.5, 0.6) is 0 Å². The van der Waals surface area contributed by atoms with Crippen LogP contribution in [0.15, 0.2) is 4.99 Å². The molecule has 0 rings (SSSR count). The first-order valence-corrected chi connectivity index (χ1v) is 19.9. The number of aliphatic imine (C=N–C) groups is 1. The van der Waals surface area contributed by atoms with Crippen molar-refractivity contribution in [3.8, 4) is 0 Å². The van der Waals surface area contributed by atoms with Gasteiger partial charge in [-0.25, -0.2) is 9.79 Å². The van der Waals surface area contributed by atoms with Crippen LogP contribution >= 0.6 is 0 Å². The fourth-order valence-electron chi connectivity index (χ4n) is 3.20. The molecule has 0 radical (unpaired) electrons. The van der Waals surface area contributed by atoms with E-state index in [0.717, 1.165) is 6.42 Å². The van der Waals surface area contributed by atoms with Crippen molar-refractivity contribution in [3.63, 3.8) is 0 Å². The maximum Gasteiger partial charge on any atom is 0.311 e. The van der Waals surface area contributed by atoms with Crippen LogP contribution in [0, 0.1) is 0 Å². The van der Waals surface area contributed by atoms with Crippen LogP contribution in [-0.4, -0.2) is 46.6 Å². The van der Waals surface area contributed by atoms with Crippen LogP contribution in [0.1, 0.15) is 6.42 Å². The fraction of sp³-hybridized carbons (Fsp3) is 0.923. The quantitative estimate of drug-likeness (QED) is 0.355. The standard InChI is InChI=1S/C13H33NO3Si4/c1-18(2)13(10-11-14-12-15)20(6,7)17-21(8,9)16-19(3,4)5/h13,18H,10-11H2,1-9H3. The van der Waals surface area contributed by atoms with Gasteiger partial charge in [0.15, 0.2) is 16.6 Å². The SMILES string of the molecule is C[SiH](C)C(CCN=C=O)[Si](C)(C)O[Si](C)(C)O[Si](C)(C)C. The topological polar surface area (TPSA) is 47.9 Å². The normalized spacial score (nSPS) is 15.0. The second-order valence-corrected chi connectivity index (χ2v) is 24.5. The molecule has 8 heteroatoms. The molecule has 0 N–H and O–H groups in total. The molecule has 124 valence electrons. The van der Waals surface area contributed by atoms with Gasteiger partial charge in [0, 0.05) is 8.80 Å². The first-order chi connectivity index (χ1) is 9.31. The first-order valence-electron chi connectivity index (χ1n) is 7.75. The van der Waals surface area contributed by atoms with Crippen molar-refractivity contribution in [2.45, 2.75) is 70.5 Å². The van der Waals surface area contributed by atoms with E-state index in [1.54, 1.807) is 6.08 Å². The van der Waals surface area contributed by atoms with Crippen molar-refractivity contribution in [1.29, 1.82) is 0 Å². The van der Waals surface area contributed by atoms with E-state index in [2.05, 4.69) is 63.9 Å². The molecule has 0 saturated carbocycles. The molecule has 0 heterocycles. The van der Waals surface area contributed by atoms with Crippen LogP contribution in [0.2, 0.25) is 64.1 Å². The summed E-state index contributed by atoms with van der Waals surface area (Å²) in [4.78, 5) is 14.0. The van der Waals surface area contributed by atoms with Gasteiger partial charge in [0.05, 0.1) is 6.54 Å². The molecular formula is C13H33NO3Si4. The highest BCUT2D eigenvalue weighted by atomic mass is 28.5. The molecular weight excluding hydrogens is 330 g/mol. The first kappa shape index (κ1) is 21.2. The molecule has 1 atom stereocenters. The van der Waals surface area contributed by atoms with Crippen molar-refractivity contribution < 1.29 is 13.0 Å². The second-order valence-electron chi connectivity index (χ2n) is 7.93. The number of rotatable bonds is 9. The Balaban J connectivity index is 4.99. The van der Waals surface area contributed by atoms with Crippen LogP contribution in [-0.2, 0) is 13.0 Å².